The number of hydrogen-bond donors (Lipinski definition) is 2. The number of aliphatic hydroxyl groups excluding tert-OH is 1. The maximum atomic E-state index is 12.6. The summed E-state index contributed by atoms with van der Waals surface area (Å²) in [5.74, 6) is 0.234. The summed E-state index contributed by atoms with van der Waals surface area (Å²) in [4.78, 5) is 30.7. The fourth-order valence-corrected chi connectivity index (χ4v) is 2.83. The van der Waals surface area contributed by atoms with E-state index in [1.165, 1.54) is 17.0 Å². The summed E-state index contributed by atoms with van der Waals surface area (Å²) in [7, 11) is 0. The van der Waals surface area contributed by atoms with E-state index in [9.17, 15) is 14.7 Å². The molecule has 1 amide bonds. The standard InChI is InChI=1S/C17H20N4O3/c22-12-13-6-8-20(10-13)16-17(24)21(9-7-18-16)11-15(23)19-14-4-2-1-3-5-14/h1-5,7,9,13,22H,6,8,10-12H2,(H,19,23)/t13-/m0/s1. The number of aliphatic hydroxyl groups is 1. The first kappa shape index (κ1) is 16.2. The predicted octanol–water partition coefficient (Wildman–Crippen LogP) is 0.701. The van der Waals surface area contributed by atoms with Crippen LogP contribution >= 0.6 is 0 Å². The first-order chi connectivity index (χ1) is 11.7. The van der Waals surface area contributed by atoms with Crippen LogP contribution in [0.3, 0.4) is 0 Å². The zero-order valence-electron chi connectivity index (χ0n) is 13.3. The monoisotopic (exact) mass is 328 g/mol. The lowest BCUT2D eigenvalue weighted by atomic mass is 10.1. The van der Waals surface area contributed by atoms with E-state index in [4.69, 9.17) is 0 Å². The minimum Gasteiger partial charge on any atom is -0.396 e. The van der Waals surface area contributed by atoms with Crippen LogP contribution in [0, 0.1) is 5.92 Å². The number of aromatic nitrogens is 2. The van der Waals surface area contributed by atoms with Crippen LogP contribution in [0.4, 0.5) is 11.5 Å². The lowest BCUT2D eigenvalue weighted by molar-refractivity contribution is -0.116. The van der Waals surface area contributed by atoms with Crippen molar-refractivity contribution in [2.24, 2.45) is 5.92 Å². The number of para-hydroxylation sites is 1. The largest absolute Gasteiger partial charge is 0.396 e. The van der Waals surface area contributed by atoms with Crippen LogP contribution in [-0.2, 0) is 11.3 Å². The van der Waals surface area contributed by atoms with Gasteiger partial charge in [-0.3, -0.25) is 9.59 Å². The van der Waals surface area contributed by atoms with Crippen LogP contribution in [-0.4, -0.2) is 40.3 Å². The van der Waals surface area contributed by atoms with E-state index in [0.717, 1.165) is 6.42 Å². The molecule has 1 atom stereocenters. The quantitative estimate of drug-likeness (QED) is 0.844. The van der Waals surface area contributed by atoms with Crippen molar-refractivity contribution in [1.29, 1.82) is 0 Å². The second kappa shape index (κ2) is 7.27. The smallest absolute Gasteiger partial charge is 0.293 e. The fraction of sp³-hybridized carbons (Fsp3) is 0.353. The van der Waals surface area contributed by atoms with Crippen LogP contribution in [0.1, 0.15) is 6.42 Å². The van der Waals surface area contributed by atoms with Crippen LogP contribution in [0.2, 0.25) is 0 Å². The molecular weight excluding hydrogens is 308 g/mol. The van der Waals surface area contributed by atoms with Gasteiger partial charge in [0.1, 0.15) is 6.54 Å². The summed E-state index contributed by atoms with van der Waals surface area (Å²) in [5, 5.41) is 12.0. The summed E-state index contributed by atoms with van der Waals surface area (Å²) < 4.78 is 1.35. The average Bonchev–Trinajstić information content (AvgIpc) is 3.06. The minimum atomic E-state index is -0.292. The zero-order valence-corrected chi connectivity index (χ0v) is 13.3. The maximum Gasteiger partial charge on any atom is 0.293 e. The highest BCUT2D eigenvalue weighted by Crippen LogP contribution is 2.18. The van der Waals surface area contributed by atoms with Crippen molar-refractivity contribution in [3.8, 4) is 0 Å². The number of carbonyl (C=O) groups is 1. The predicted molar refractivity (Wildman–Crippen MR) is 91.0 cm³/mol. The van der Waals surface area contributed by atoms with Gasteiger partial charge in [-0.25, -0.2) is 4.98 Å². The van der Waals surface area contributed by atoms with Gasteiger partial charge in [0.05, 0.1) is 0 Å². The summed E-state index contributed by atoms with van der Waals surface area (Å²) >= 11 is 0. The first-order valence-corrected chi connectivity index (χ1v) is 7.93. The van der Waals surface area contributed by atoms with E-state index < -0.39 is 0 Å². The van der Waals surface area contributed by atoms with E-state index in [0.29, 0.717) is 24.6 Å². The second-order valence-electron chi connectivity index (χ2n) is 5.88. The van der Waals surface area contributed by atoms with Crippen LogP contribution < -0.4 is 15.8 Å². The second-order valence-corrected chi connectivity index (χ2v) is 5.88. The third-order valence-electron chi connectivity index (χ3n) is 4.11. The maximum absolute atomic E-state index is 12.6. The molecule has 0 radical (unpaired) electrons. The van der Waals surface area contributed by atoms with Crippen molar-refractivity contribution in [2.45, 2.75) is 13.0 Å². The topological polar surface area (TPSA) is 87.5 Å². The van der Waals surface area contributed by atoms with Crippen molar-refractivity contribution in [3.63, 3.8) is 0 Å². The number of anilines is 2. The lowest BCUT2D eigenvalue weighted by Gasteiger charge is -2.17. The van der Waals surface area contributed by atoms with Gasteiger partial charge in [0, 0.05) is 43.7 Å². The third-order valence-corrected chi connectivity index (χ3v) is 4.11. The highest BCUT2D eigenvalue weighted by atomic mass is 16.3. The number of hydrogen-bond acceptors (Lipinski definition) is 5. The molecule has 1 fully saturated rings. The van der Waals surface area contributed by atoms with E-state index >= 15 is 0 Å². The summed E-state index contributed by atoms with van der Waals surface area (Å²) in [6, 6.07) is 9.11. The van der Waals surface area contributed by atoms with Gasteiger partial charge in [-0.1, -0.05) is 18.2 Å². The Bertz CT molecular complexity index is 760. The Kier molecular flexibility index (Phi) is 4.90. The van der Waals surface area contributed by atoms with Crippen molar-refractivity contribution < 1.29 is 9.90 Å². The lowest BCUT2D eigenvalue weighted by Crippen LogP contribution is -2.34. The van der Waals surface area contributed by atoms with E-state index in [1.807, 2.05) is 23.1 Å². The van der Waals surface area contributed by atoms with Gasteiger partial charge in [-0.15, -0.1) is 0 Å². The normalized spacial score (nSPS) is 17.0. The Morgan fingerprint density at radius 1 is 1.33 bits per heavy atom. The van der Waals surface area contributed by atoms with E-state index in [1.54, 1.807) is 12.1 Å². The molecule has 2 aromatic rings. The molecule has 1 aromatic carbocycles. The molecule has 0 bridgehead atoms. The molecule has 24 heavy (non-hydrogen) atoms. The molecule has 3 rings (SSSR count). The molecule has 2 N–H and O–H groups in total. The molecule has 1 aliphatic rings. The molecule has 2 heterocycles. The number of nitrogens with one attached hydrogen (secondary N) is 1. The van der Waals surface area contributed by atoms with Crippen molar-refractivity contribution in [3.05, 3.63) is 53.1 Å². The molecule has 0 unspecified atom stereocenters. The Morgan fingerprint density at radius 3 is 2.83 bits per heavy atom. The molecule has 1 aromatic heterocycles. The van der Waals surface area contributed by atoms with Gasteiger partial charge in [-0.2, -0.15) is 0 Å². The molecule has 0 spiro atoms. The van der Waals surface area contributed by atoms with Gasteiger partial charge in [0.25, 0.3) is 5.56 Å². The van der Waals surface area contributed by atoms with Gasteiger partial charge >= 0.3 is 0 Å². The molecule has 7 nitrogen and oxygen atoms in total. The fourth-order valence-electron chi connectivity index (χ4n) is 2.83. The number of amides is 1. The van der Waals surface area contributed by atoms with E-state index in [2.05, 4.69) is 10.3 Å². The van der Waals surface area contributed by atoms with Crippen molar-refractivity contribution in [2.75, 3.05) is 29.9 Å². The molecule has 126 valence electrons. The number of benzene rings is 1. The molecule has 1 saturated heterocycles. The molecule has 0 aliphatic carbocycles. The summed E-state index contributed by atoms with van der Waals surface area (Å²) in [6.07, 6.45) is 3.87. The highest BCUT2D eigenvalue weighted by Gasteiger charge is 2.25. The first-order valence-electron chi connectivity index (χ1n) is 7.93. The van der Waals surface area contributed by atoms with E-state index in [-0.39, 0.29) is 30.5 Å². The van der Waals surface area contributed by atoms with Crippen LogP contribution in [0.25, 0.3) is 0 Å². The number of nitrogens with zero attached hydrogens (tertiary/aromatic N) is 3. The van der Waals surface area contributed by atoms with Crippen molar-refractivity contribution >= 4 is 17.4 Å². The van der Waals surface area contributed by atoms with Gasteiger partial charge < -0.3 is 19.9 Å². The van der Waals surface area contributed by atoms with Gasteiger partial charge in [0.2, 0.25) is 5.91 Å². The van der Waals surface area contributed by atoms with Gasteiger partial charge in [0.15, 0.2) is 5.82 Å². The molecule has 7 heteroatoms. The number of carbonyl (C=O) groups excluding carboxylic acids is 1. The Hall–Kier alpha value is -2.67. The van der Waals surface area contributed by atoms with Gasteiger partial charge in [-0.05, 0) is 18.6 Å². The average molecular weight is 328 g/mol. The Labute approximate surface area is 139 Å². The zero-order chi connectivity index (χ0) is 16.9. The molecule has 0 saturated carbocycles. The van der Waals surface area contributed by atoms with Crippen LogP contribution in [0.15, 0.2) is 47.5 Å². The number of rotatable bonds is 5. The SMILES string of the molecule is O=C(Cn1ccnc(N2CC[C@H](CO)C2)c1=O)Nc1ccccc1. The Balaban J connectivity index is 1.71. The molecule has 1 aliphatic heterocycles. The third kappa shape index (κ3) is 3.62. The van der Waals surface area contributed by atoms with Crippen molar-refractivity contribution in [1.82, 2.24) is 9.55 Å². The highest BCUT2D eigenvalue weighted by molar-refractivity contribution is 5.90. The minimum absolute atomic E-state index is 0.0689. The Morgan fingerprint density at radius 2 is 2.12 bits per heavy atom. The summed E-state index contributed by atoms with van der Waals surface area (Å²) in [5.41, 5.74) is 0.398. The molecular formula is C17H20N4O3. The summed E-state index contributed by atoms with van der Waals surface area (Å²) in [6.45, 7) is 1.34. The van der Waals surface area contributed by atoms with Crippen LogP contribution in [0.5, 0.6) is 0 Å².